The summed E-state index contributed by atoms with van der Waals surface area (Å²) in [5, 5.41) is 3.31. The van der Waals surface area contributed by atoms with Crippen molar-refractivity contribution in [3.05, 3.63) is 65.2 Å². The lowest BCUT2D eigenvalue weighted by Gasteiger charge is -2.24. The number of hydrogen-bond acceptors (Lipinski definition) is 2. The van der Waals surface area contributed by atoms with Gasteiger partial charge in [0, 0.05) is 36.2 Å². The maximum atomic E-state index is 3.31. The molecular formula is C19H20N2. The number of benzene rings is 2. The van der Waals surface area contributed by atoms with Gasteiger partial charge in [0.25, 0.3) is 0 Å². The minimum absolute atomic E-state index is 1.09. The van der Waals surface area contributed by atoms with Crippen LogP contribution in [-0.4, -0.2) is 13.6 Å². The molecular weight excluding hydrogens is 256 g/mol. The molecule has 21 heavy (non-hydrogen) atoms. The summed E-state index contributed by atoms with van der Waals surface area (Å²) < 4.78 is 0. The maximum Gasteiger partial charge on any atom is 0.0444 e. The van der Waals surface area contributed by atoms with Crippen molar-refractivity contribution >= 4 is 17.1 Å². The first-order chi connectivity index (χ1) is 10.4. The summed E-state index contributed by atoms with van der Waals surface area (Å²) in [7, 11) is 2.01. The van der Waals surface area contributed by atoms with Crippen LogP contribution < -0.4 is 10.2 Å². The normalized spacial score (nSPS) is 16.2. The Balaban J connectivity index is 1.74. The Labute approximate surface area is 126 Å². The summed E-state index contributed by atoms with van der Waals surface area (Å²) in [4.78, 5) is 2.45. The van der Waals surface area contributed by atoms with Gasteiger partial charge in [-0.3, -0.25) is 0 Å². The molecule has 0 bridgehead atoms. The molecule has 0 aromatic heterocycles. The van der Waals surface area contributed by atoms with Crippen LogP contribution in [0.4, 0.5) is 11.4 Å². The van der Waals surface area contributed by atoms with Gasteiger partial charge >= 0.3 is 0 Å². The van der Waals surface area contributed by atoms with E-state index in [2.05, 4.69) is 58.8 Å². The molecule has 0 saturated heterocycles. The Hall–Kier alpha value is -2.22. The number of nitrogens with one attached hydrogen (secondary N) is 1. The fourth-order valence-electron chi connectivity index (χ4n) is 3.54. The van der Waals surface area contributed by atoms with Crippen molar-refractivity contribution in [3.8, 4) is 0 Å². The zero-order valence-corrected chi connectivity index (χ0v) is 12.4. The maximum absolute atomic E-state index is 3.31. The van der Waals surface area contributed by atoms with Crippen LogP contribution >= 0.6 is 0 Å². The number of fused-ring (bicyclic) bond motifs is 2. The zero-order chi connectivity index (χ0) is 14.2. The van der Waals surface area contributed by atoms with Crippen molar-refractivity contribution in [1.29, 1.82) is 0 Å². The smallest absolute Gasteiger partial charge is 0.0444 e. The van der Waals surface area contributed by atoms with Crippen molar-refractivity contribution in [1.82, 2.24) is 5.32 Å². The molecule has 1 aliphatic carbocycles. The van der Waals surface area contributed by atoms with E-state index in [1.165, 1.54) is 33.8 Å². The summed E-state index contributed by atoms with van der Waals surface area (Å²) in [5.74, 6) is 0. The second-order valence-corrected chi connectivity index (χ2v) is 5.78. The molecule has 106 valence electrons. The fourth-order valence-corrected chi connectivity index (χ4v) is 3.54. The molecule has 1 aliphatic heterocycles. The summed E-state index contributed by atoms with van der Waals surface area (Å²) in [6.07, 6.45) is 5.72. The van der Waals surface area contributed by atoms with Crippen molar-refractivity contribution in [3.63, 3.8) is 0 Å². The van der Waals surface area contributed by atoms with E-state index in [1.807, 2.05) is 7.05 Å². The molecule has 0 saturated carbocycles. The van der Waals surface area contributed by atoms with E-state index in [0.29, 0.717) is 0 Å². The third-order valence-electron chi connectivity index (χ3n) is 4.61. The lowest BCUT2D eigenvalue weighted by atomic mass is 9.94. The van der Waals surface area contributed by atoms with Gasteiger partial charge in [-0.25, -0.2) is 0 Å². The predicted octanol–water partition coefficient (Wildman–Crippen LogP) is 3.89. The molecule has 2 nitrogen and oxygen atoms in total. The van der Waals surface area contributed by atoms with Crippen LogP contribution in [-0.2, 0) is 12.8 Å². The van der Waals surface area contributed by atoms with Gasteiger partial charge in [0.05, 0.1) is 0 Å². The topological polar surface area (TPSA) is 15.3 Å². The standard InChI is InChI=1S/C19H20N2/c1-20-18-7-4-6-15-13-16(9-10-17(15)18)21-12-11-14-5-2-3-8-19(14)21/h2-3,5,7-10,13,20H,4,6,11-12H2,1H3. The number of anilines is 2. The van der Waals surface area contributed by atoms with E-state index in [4.69, 9.17) is 0 Å². The summed E-state index contributed by atoms with van der Waals surface area (Å²) in [5.41, 5.74) is 8.26. The number of rotatable bonds is 2. The number of para-hydroxylation sites is 1. The first kappa shape index (κ1) is 12.5. The number of hydrogen-bond donors (Lipinski definition) is 1. The van der Waals surface area contributed by atoms with Crippen molar-refractivity contribution in [2.75, 3.05) is 18.5 Å². The van der Waals surface area contributed by atoms with E-state index < -0.39 is 0 Å². The van der Waals surface area contributed by atoms with Crippen LogP contribution in [0.25, 0.3) is 5.70 Å². The average Bonchev–Trinajstić information content (AvgIpc) is 2.97. The van der Waals surface area contributed by atoms with Gasteiger partial charge in [0.15, 0.2) is 0 Å². The van der Waals surface area contributed by atoms with Gasteiger partial charge in [-0.1, -0.05) is 30.3 Å². The highest BCUT2D eigenvalue weighted by atomic mass is 15.2. The fraction of sp³-hybridized carbons (Fsp3) is 0.263. The highest BCUT2D eigenvalue weighted by Gasteiger charge is 2.21. The minimum Gasteiger partial charge on any atom is -0.388 e. The SMILES string of the molecule is CNC1=CCCc2cc(N3CCc4ccccc43)ccc21. The molecule has 0 amide bonds. The van der Waals surface area contributed by atoms with Crippen LogP contribution in [0, 0.1) is 0 Å². The van der Waals surface area contributed by atoms with Gasteiger partial charge in [-0.2, -0.15) is 0 Å². The Bertz CT molecular complexity index is 715. The van der Waals surface area contributed by atoms with Crippen molar-refractivity contribution < 1.29 is 0 Å². The van der Waals surface area contributed by atoms with Gasteiger partial charge in [-0.05, 0) is 48.6 Å². The van der Waals surface area contributed by atoms with E-state index in [9.17, 15) is 0 Å². The van der Waals surface area contributed by atoms with Crippen LogP contribution in [0.1, 0.15) is 23.1 Å². The Morgan fingerprint density at radius 1 is 1.00 bits per heavy atom. The Morgan fingerprint density at radius 2 is 1.90 bits per heavy atom. The molecule has 2 heteroatoms. The van der Waals surface area contributed by atoms with Gasteiger partial charge < -0.3 is 10.2 Å². The number of allylic oxidation sites excluding steroid dienone is 1. The van der Waals surface area contributed by atoms with Crippen molar-refractivity contribution in [2.24, 2.45) is 0 Å². The lowest BCUT2D eigenvalue weighted by Crippen LogP contribution is -2.15. The zero-order valence-electron chi connectivity index (χ0n) is 12.4. The monoisotopic (exact) mass is 276 g/mol. The van der Waals surface area contributed by atoms with Gasteiger partial charge in [0.2, 0.25) is 0 Å². The molecule has 0 atom stereocenters. The lowest BCUT2D eigenvalue weighted by molar-refractivity contribution is 0.940. The van der Waals surface area contributed by atoms with Crippen LogP contribution in [0.3, 0.4) is 0 Å². The van der Waals surface area contributed by atoms with E-state index in [0.717, 1.165) is 25.8 Å². The van der Waals surface area contributed by atoms with Gasteiger partial charge in [0.1, 0.15) is 0 Å². The highest BCUT2D eigenvalue weighted by Crippen LogP contribution is 2.36. The first-order valence-corrected chi connectivity index (χ1v) is 7.73. The Morgan fingerprint density at radius 3 is 2.81 bits per heavy atom. The summed E-state index contributed by atoms with van der Waals surface area (Å²) in [6, 6.07) is 15.7. The summed E-state index contributed by atoms with van der Waals surface area (Å²) in [6.45, 7) is 1.09. The first-order valence-electron chi connectivity index (χ1n) is 7.73. The highest BCUT2D eigenvalue weighted by molar-refractivity contribution is 5.75. The van der Waals surface area contributed by atoms with Crippen LogP contribution in [0.2, 0.25) is 0 Å². The molecule has 1 N–H and O–H groups in total. The molecule has 0 radical (unpaired) electrons. The van der Waals surface area contributed by atoms with Gasteiger partial charge in [-0.15, -0.1) is 0 Å². The Kier molecular flexibility index (Phi) is 2.95. The molecule has 0 fully saturated rings. The number of nitrogens with zero attached hydrogens (tertiary/aromatic N) is 1. The molecule has 1 heterocycles. The largest absolute Gasteiger partial charge is 0.388 e. The van der Waals surface area contributed by atoms with E-state index in [1.54, 1.807) is 0 Å². The molecule has 2 aromatic carbocycles. The van der Waals surface area contributed by atoms with E-state index >= 15 is 0 Å². The molecule has 2 aromatic rings. The second-order valence-electron chi connectivity index (χ2n) is 5.78. The molecule has 4 rings (SSSR count). The summed E-state index contributed by atoms with van der Waals surface area (Å²) >= 11 is 0. The molecule has 0 spiro atoms. The van der Waals surface area contributed by atoms with Crippen molar-refractivity contribution in [2.45, 2.75) is 19.3 Å². The van der Waals surface area contributed by atoms with Crippen LogP contribution in [0.5, 0.6) is 0 Å². The third kappa shape index (κ3) is 2.02. The van der Waals surface area contributed by atoms with Crippen LogP contribution in [0.15, 0.2) is 48.5 Å². The van der Waals surface area contributed by atoms with E-state index in [-0.39, 0.29) is 0 Å². The number of aryl methyl sites for hydroxylation is 1. The quantitative estimate of drug-likeness (QED) is 0.895. The predicted molar refractivity (Wildman–Crippen MR) is 89.0 cm³/mol. The molecule has 0 unspecified atom stereocenters. The second kappa shape index (κ2) is 4.96. The minimum atomic E-state index is 1.09. The average molecular weight is 276 g/mol. The molecule has 2 aliphatic rings. The third-order valence-corrected chi connectivity index (χ3v) is 4.61.